The Bertz CT molecular complexity index is 1310. The standard InChI is InChI=1S/C26H21BrN2O6/c1-2-34-22-14-17(12-20-24(30)28-29(25(20)31)19-6-4-3-5-7-19)13-21(27)23(22)35-15-16-8-10-18(11-9-16)26(32)33/h3-14H,2,15H2,1H3,(H,28,30)(H,32,33)/b20-12-. The van der Waals surface area contributed by atoms with Crippen LogP contribution in [-0.2, 0) is 16.2 Å². The molecule has 0 aliphatic carbocycles. The Morgan fingerprint density at radius 2 is 1.77 bits per heavy atom. The first-order valence-corrected chi connectivity index (χ1v) is 11.5. The van der Waals surface area contributed by atoms with Gasteiger partial charge in [-0.05, 0) is 76.5 Å². The minimum absolute atomic E-state index is 0.00427. The van der Waals surface area contributed by atoms with E-state index in [4.69, 9.17) is 14.6 Å². The number of aromatic carboxylic acids is 1. The number of carbonyl (C=O) groups excluding carboxylic acids is 2. The van der Waals surface area contributed by atoms with Crippen LogP contribution in [0.2, 0.25) is 0 Å². The van der Waals surface area contributed by atoms with Gasteiger partial charge in [-0.2, -0.15) is 0 Å². The molecule has 0 atom stereocenters. The molecule has 4 rings (SSSR count). The second kappa shape index (κ2) is 10.4. The fourth-order valence-corrected chi connectivity index (χ4v) is 4.03. The summed E-state index contributed by atoms with van der Waals surface area (Å²) in [5, 5.41) is 10.2. The Balaban J connectivity index is 1.58. The van der Waals surface area contributed by atoms with Gasteiger partial charge in [-0.1, -0.05) is 30.3 Å². The molecule has 0 unspecified atom stereocenters. The largest absolute Gasteiger partial charge is 0.490 e. The van der Waals surface area contributed by atoms with Crippen LogP contribution in [0.1, 0.15) is 28.4 Å². The molecule has 8 nitrogen and oxygen atoms in total. The van der Waals surface area contributed by atoms with Crippen LogP contribution < -0.4 is 19.9 Å². The number of rotatable bonds is 8. The van der Waals surface area contributed by atoms with Gasteiger partial charge in [0.2, 0.25) is 0 Å². The number of halogens is 1. The summed E-state index contributed by atoms with van der Waals surface area (Å²) in [6.07, 6.45) is 1.50. The number of hydrogen-bond acceptors (Lipinski definition) is 5. The zero-order valence-electron chi connectivity index (χ0n) is 18.7. The molecule has 0 radical (unpaired) electrons. The Morgan fingerprint density at radius 1 is 1.06 bits per heavy atom. The molecule has 0 saturated carbocycles. The number of benzene rings is 3. The lowest BCUT2D eigenvalue weighted by molar-refractivity contribution is -0.117. The van der Waals surface area contributed by atoms with E-state index >= 15 is 0 Å². The van der Waals surface area contributed by atoms with Gasteiger partial charge in [0.1, 0.15) is 12.2 Å². The number of carboxylic acid groups (broad SMARTS) is 1. The molecule has 0 aromatic heterocycles. The van der Waals surface area contributed by atoms with Crippen LogP contribution in [0, 0.1) is 0 Å². The summed E-state index contributed by atoms with van der Waals surface area (Å²) >= 11 is 3.49. The quantitative estimate of drug-likeness (QED) is 0.322. The molecule has 2 amide bonds. The van der Waals surface area contributed by atoms with Crippen molar-refractivity contribution in [2.75, 3.05) is 11.6 Å². The number of nitrogens with zero attached hydrogens (tertiary/aromatic N) is 1. The molecular weight excluding hydrogens is 516 g/mol. The van der Waals surface area contributed by atoms with E-state index in [1.807, 2.05) is 13.0 Å². The molecule has 2 N–H and O–H groups in total. The molecule has 3 aromatic carbocycles. The minimum Gasteiger partial charge on any atom is -0.490 e. The van der Waals surface area contributed by atoms with E-state index in [9.17, 15) is 14.4 Å². The molecule has 1 aliphatic heterocycles. The lowest BCUT2D eigenvalue weighted by atomic mass is 10.1. The number of para-hydroxylation sites is 1. The minimum atomic E-state index is -0.995. The van der Waals surface area contributed by atoms with E-state index in [-0.39, 0.29) is 17.7 Å². The highest BCUT2D eigenvalue weighted by molar-refractivity contribution is 9.10. The molecule has 0 bridgehead atoms. The smallest absolute Gasteiger partial charge is 0.335 e. The van der Waals surface area contributed by atoms with Crippen LogP contribution in [0.3, 0.4) is 0 Å². The Labute approximate surface area is 209 Å². The molecule has 9 heteroatoms. The average molecular weight is 537 g/mol. The van der Waals surface area contributed by atoms with E-state index in [0.29, 0.717) is 33.8 Å². The molecule has 1 saturated heterocycles. The molecule has 178 valence electrons. The van der Waals surface area contributed by atoms with Crippen LogP contribution in [0.25, 0.3) is 6.08 Å². The van der Waals surface area contributed by atoms with Crippen molar-refractivity contribution in [1.29, 1.82) is 0 Å². The summed E-state index contributed by atoms with van der Waals surface area (Å²) in [6, 6.07) is 18.6. The third-order valence-electron chi connectivity index (χ3n) is 5.13. The first-order valence-electron chi connectivity index (χ1n) is 10.7. The van der Waals surface area contributed by atoms with Gasteiger partial charge in [0, 0.05) is 0 Å². The highest BCUT2D eigenvalue weighted by Gasteiger charge is 2.34. The van der Waals surface area contributed by atoms with Gasteiger partial charge in [-0.15, -0.1) is 0 Å². The maximum Gasteiger partial charge on any atom is 0.335 e. The number of hydrogen-bond donors (Lipinski definition) is 2. The van der Waals surface area contributed by atoms with Gasteiger partial charge in [-0.25, -0.2) is 9.80 Å². The Hall–Kier alpha value is -4.11. The SMILES string of the molecule is CCOc1cc(/C=C2/C(=O)NN(c3ccccc3)C2=O)cc(Br)c1OCc1ccc(C(=O)O)cc1. The van der Waals surface area contributed by atoms with Gasteiger partial charge in [-0.3, -0.25) is 15.0 Å². The van der Waals surface area contributed by atoms with Crippen LogP contribution >= 0.6 is 15.9 Å². The van der Waals surface area contributed by atoms with Crippen molar-refractivity contribution in [3.8, 4) is 11.5 Å². The summed E-state index contributed by atoms with van der Waals surface area (Å²) in [5.74, 6) is -1.07. The van der Waals surface area contributed by atoms with Crippen molar-refractivity contribution >= 4 is 45.5 Å². The summed E-state index contributed by atoms with van der Waals surface area (Å²) < 4.78 is 12.3. The van der Waals surface area contributed by atoms with Crippen molar-refractivity contribution in [1.82, 2.24) is 5.43 Å². The van der Waals surface area contributed by atoms with Gasteiger partial charge in [0.15, 0.2) is 11.5 Å². The fraction of sp³-hybridized carbons (Fsp3) is 0.115. The Kier molecular flexibility index (Phi) is 7.17. The van der Waals surface area contributed by atoms with Gasteiger partial charge < -0.3 is 14.6 Å². The number of hydrazine groups is 1. The number of ether oxygens (including phenoxy) is 2. The normalized spacial score (nSPS) is 14.2. The van der Waals surface area contributed by atoms with E-state index < -0.39 is 17.8 Å². The predicted molar refractivity (Wildman–Crippen MR) is 133 cm³/mol. The van der Waals surface area contributed by atoms with Crippen LogP contribution in [0.15, 0.2) is 76.8 Å². The maximum absolute atomic E-state index is 12.9. The summed E-state index contributed by atoms with van der Waals surface area (Å²) in [7, 11) is 0. The maximum atomic E-state index is 12.9. The molecule has 1 aliphatic rings. The molecular formula is C26H21BrN2O6. The Morgan fingerprint density at radius 3 is 2.43 bits per heavy atom. The third kappa shape index (κ3) is 5.36. The van der Waals surface area contributed by atoms with Crippen molar-refractivity contribution in [3.63, 3.8) is 0 Å². The summed E-state index contributed by atoms with van der Waals surface area (Å²) in [4.78, 5) is 36.4. The zero-order chi connectivity index (χ0) is 24.9. The van der Waals surface area contributed by atoms with E-state index in [1.54, 1.807) is 48.5 Å². The second-order valence-corrected chi connectivity index (χ2v) is 8.38. The molecule has 3 aromatic rings. The van der Waals surface area contributed by atoms with Crippen LogP contribution in [0.5, 0.6) is 11.5 Å². The number of carbonyl (C=O) groups is 3. The average Bonchev–Trinajstić information content (AvgIpc) is 3.13. The van der Waals surface area contributed by atoms with Gasteiger partial charge in [0.25, 0.3) is 11.8 Å². The number of carboxylic acids is 1. The van der Waals surface area contributed by atoms with Crippen LogP contribution in [0.4, 0.5) is 5.69 Å². The first kappa shape index (κ1) is 24.0. The van der Waals surface area contributed by atoms with Crippen molar-refractivity contribution in [2.45, 2.75) is 13.5 Å². The van der Waals surface area contributed by atoms with Crippen molar-refractivity contribution in [3.05, 3.63) is 93.5 Å². The number of amides is 2. The van der Waals surface area contributed by atoms with E-state index in [2.05, 4.69) is 21.4 Å². The van der Waals surface area contributed by atoms with Crippen LogP contribution in [-0.4, -0.2) is 29.5 Å². The van der Waals surface area contributed by atoms with E-state index in [1.165, 1.54) is 23.2 Å². The first-order chi connectivity index (χ1) is 16.9. The predicted octanol–water partition coefficient (Wildman–Crippen LogP) is 4.59. The lowest BCUT2D eigenvalue weighted by Crippen LogP contribution is -2.35. The van der Waals surface area contributed by atoms with Gasteiger partial charge >= 0.3 is 5.97 Å². The van der Waals surface area contributed by atoms with Crippen molar-refractivity contribution < 1.29 is 29.0 Å². The third-order valence-corrected chi connectivity index (χ3v) is 5.72. The van der Waals surface area contributed by atoms with Crippen molar-refractivity contribution in [2.24, 2.45) is 0 Å². The molecule has 0 spiro atoms. The zero-order valence-corrected chi connectivity index (χ0v) is 20.2. The molecule has 1 fully saturated rings. The molecule has 1 heterocycles. The monoisotopic (exact) mass is 536 g/mol. The van der Waals surface area contributed by atoms with E-state index in [0.717, 1.165) is 5.56 Å². The topological polar surface area (TPSA) is 105 Å². The highest BCUT2D eigenvalue weighted by atomic mass is 79.9. The lowest BCUT2D eigenvalue weighted by Gasteiger charge is -2.15. The molecule has 35 heavy (non-hydrogen) atoms. The summed E-state index contributed by atoms with van der Waals surface area (Å²) in [6.45, 7) is 2.39. The summed E-state index contributed by atoms with van der Waals surface area (Å²) in [5.41, 5.74) is 4.69. The number of anilines is 1. The fourth-order valence-electron chi connectivity index (χ4n) is 3.46. The second-order valence-electron chi connectivity index (χ2n) is 7.53. The highest BCUT2D eigenvalue weighted by Crippen LogP contribution is 2.38. The van der Waals surface area contributed by atoms with Gasteiger partial charge in [0.05, 0.1) is 22.3 Å². The number of nitrogens with one attached hydrogen (secondary N) is 1.